The lowest BCUT2D eigenvalue weighted by molar-refractivity contribution is -0.267. The zero-order valence-electron chi connectivity index (χ0n) is 14.6. The maximum Gasteiger partial charge on any atom is 0.304 e. The van der Waals surface area contributed by atoms with E-state index in [0.717, 1.165) is 27.7 Å². The lowest BCUT2D eigenvalue weighted by Gasteiger charge is -2.42. The molecule has 0 aromatic rings. The molecule has 1 aliphatic rings. The van der Waals surface area contributed by atoms with Gasteiger partial charge in [-0.25, -0.2) is 0 Å². The van der Waals surface area contributed by atoms with Crippen molar-refractivity contribution in [3.63, 3.8) is 0 Å². The van der Waals surface area contributed by atoms with Crippen LogP contribution in [0.4, 0.5) is 0 Å². The Kier molecular flexibility index (Phi) is 7.81. The molecule has 0 aromatic carbocycles. The van der Waals surface area contributed by atoms with Crippen LogP contribution in [0.15, 0.2) is 5.11 Å². The van der Waals surface area contributed by atoms with Crippen molar-refractivity contribution >= 4 is 23.9 Å². The highest BCUT2D eigenvalue weighted by Crippen LogP contribution is 2.29. The highest BCUT2D eigenvalue weighted by molar-refractivity contribution is 5.68. The van der Waals surface area contributed by atoms with Crippen molar-refractivity contribution in [1.29, 1.82) is 0 Å². The standard InChI is InChI=1S/C14H19N3O9/c1-6(18)22-5-10-12(23-7(2)19)13(24-8(3)20)11(16-17-15)14(26-10)25-9(4)21/h10-14H,5H2,1-4H3/t10-,11-,12?,13?,14+/m1/s1. The highest BCUT2D eigenvalue weighted by Gasteiger charge is 2.51. The Morgan fingerprint density at radius 2 is 1.46 bits per heavy atom. The van der Waals surface area contributed by atoms with Crippen LogP contribution >= 0.6 is 0 Å². The van der Waals surface area contributed by atoms with E-state index in [1.807, 2.05) is 0 Å². The fraction of sp³-hybridized carbons (Fsp3) is 0.714. The van der Waals surface area contributed by atoms with Gasteiger partial charge in [0, 0.05) is 32.6 Å². The van der Waals surface area contributed by atoms with Gasteiger partial charge in [0.2, 0.25) is 6.29 Å². The molecule has 0 bridgehead atoms. The molecule has 1 aliphatic heterocycles. The molecule has 0 saturated carbocycles. The average Bonchev–Trinajstić information content (AvgIpc) is 2.49. The summed E-state index contributed by atoms with van der Waals surface area (Å²) in [4.78, 5) is 47.9. The van der Waals surface area contributed by atoms with Gasteiger partial charge in [-0.3, -0.25) is 19.2 Å². The summed E-state index contributed by atoms with van der Waals surface area (Å²) < 4.78 is 25.5. The maximum atomic E-state index is 11.5. The van der Waals surface area contributed by atoms with Gasteiger partial charge in [0.25, 0.3) is 0 Å². The predicted octanol–water partition coefficient (Wildman–Crippen LogP) is 0.380. The maximum absolute atomic E-state index is 11.5. The lowest BCUT2D eigenvalue weighted by Crippen LogP contribution is -2.61. The predicted molar refractivity (Wildman–Crippen MR) is 81.1 cm³/mol. The van der Waals surface area contributed by atoms with E-state index in [9.17, 15) is 19.2 Å². The van der Waals surface area contributed by atoms with E-state index < -0.39 is 54.5 Å². The Hall–Kier alpha value is -2.85. The minimum Gasteiger partial charge on any atom is -0.463 e. The quantitative estimate of drug-likeness (QED) is 0.210. The molecule has 1 heterocycles. The molecule has 0 radical (unpaired) electrons. The normalized spacial score (nSPS) is 27.5. The molecule has 1 rings (SSSR count). The second-order valence-electron chi connectivity index (χ2n) is 5.30. The highest BCUT2D eigenvalue weighted by atomic mass is 16.7. The summed E-state index contributed by atoms with van der Waals surface area (Å²) in [5, 5.41) is 3.44. The molecular weight excluding hydrogens is 354 g/mol. The number of carbonyl (C=O) groups excluding carboxylic acids is 4. The van der Waals surface area contributed by atoms with Crippen molar-refractivity contribution in [3.8, 4) is 0 Å². The summed E-state index contributed by atoms with van der Waals surface area (Å²) >= 11 is 0. The van der Waals surface area contributed by atoms with Gasteiger partial charge in [0.1, 0.15) is 18.8 Å². The molecule has 5 atom stereocenters. The molecule has 0 amide bonds. The third kappa shape index (κ3) is 6.22. The second-order valence-corrected chi connectivity index (χ2v) is 5.30. The van der Waals surface area contributed by atoms with E-state index >= 15 is 0 Å². The number of hydrogen-bond acceptors (Lipinski definition) is 10. The fourth-order valence-corrected chi connectivity index (χ4v) is 2.33. The van der Waals surface area contributed by atoms with Gasteiger partial charge in [0.05, 0.1) is 0 Å². The Morgan fingerprint density at radius 1 is 0.923 bits per heavy atom. The van der Waals surface area contributed by atoms with Gasteiger partial charge < -0.3 is 23.7 Å². The number of esters is 4. The van der Waals surface area contributed by atoms with Gasteiger partial charge in [-0.15, -0.1) is 0 Å². The van der Waals surface area contributed by atoms with Crippen molar-refractivity contribution in [2.75, 3.05) is 6.61 Å². The molecule has 0 spiro atoms. The fourth-order valence-electron chi connectivity index (χ4n) is 2.33. The number of hydrogen-bond donors (Lipinski definition) is 0. The van der Waals surface area contributed by atoms with Crippen LogP contribution in [0, 0.1) is 0 Å². The molecule has 2 unspecified atom stereocenters. The third-order valence-corrected chi connectivity index (χ3v) is 3.14. The van der Waals surface area contributed by atoms with E-state index in [4.69, 9.17) is 29.2 Å². The van der Waals surface area contributed by atoms with Crippen LogP contribution in [0.5, 0.6) is 0 Å². The Morgan fingerprint density at radius 3 is 1.92 bits per heavy atom. The van der Waals surface area contributed by atoms with E-state index in [-0.39, 0.29) is 6.61 Å². The van der Waals surface area contributed by atoms with E-state index in [0.29, 0.717) is 0 Å². The minimum absolute atomic E-state index is 0.383. The summed E-state index contributed by atoms with van der Waals surface area (Å²) in [5.74, 6) is -2.90. The summed E-state index contributed by atoms with van der Waals surface area (Å²) in [5.41, 5.74) is 8.78. The van der Waals surface area contributed by atoms with Gasteiger partial charge in [-0.2, -0.15) is 0 Å². The first-order chi connectivity index (χ1) is 12.1. The second kappa shape index (κ2) is 9.59. The van der Waals surface area contributed by atoms with Crippen molar-refractivity contribution < 1.29 is 42.9 Å². The number of azide groups is 1. The van der Waals surface area contributed by atoms with Crippen molar-refractivity contribution in [2.24, 2.45) is 5.11 Å². The smallest absolute Gasteiger partial charge is 0.304 e. The van der Waals surface area contributed by atoms with Crippen LogP contribution in [0.25, 0.3) is 10.4 Å². The Bertz CT molecular complexity index is 617. The van der Waals surface area contributed by atoms with E-state index in [1.165, 1.54) is 0 Å². The summed E-state index contributed by atoms with van der Waals surface area (Å²) in [6, 6.07) is -1.33. The molecule has 12 heteroatoms. The first-order valence-corrected chi connectivity index (χ1v) is 7.50. The molecule has 0 aliphatic carbocycles. The molecule has 144 valence electrons. The van der Waals surface area contributed by atoms with Gasteiger partial charge in [-0.05, 0) is 5.53 Å². The molecular formula is C14H19N3O9. The molecule has 26 heavy (non-hydrogen) atoms. The van der Waals surface area contributed by atoms with Crippen LogP contribution in [0.3, 0.4) is 0 Å². The molecule has 1 saturated heterocycles. The van der Waals surface area contributed by atoms with E-state index in [2.05, 4.69) is 10.0 Å². The van der Waals surface area contributed by atoms with Gasteiger partial charge >= 0.3 is 23.9 Å². The van der Waals surface area contributed by atoms with Crippen LogP contribution < -0.4 is 0 Å². The number of carbonyl (C=O) groups is 4. The zero-order chi connectivity index (χ0) is 19.9. The minimum atomic E-state index is -1.44. The van der Waals surface area contributed by atoms with Crippen molar-refractivity contribution in [3.05, 3.63) is 10.4 Å². The summed E-state index contributed by atoms with van der Waals surface area (Å²) in [6.45, 7) is 4.06. The zero-order valence-corrected chi connectivity index (χ0v) is 14.6. The molecule has 0 aromatic heterocycles. The van der Waals surface area contributed by atoms with Crippen LogP contribution in [0.1, 0.15) is 27.7 Å². The third-order valence-electron chi connectivity index (χ3n) is 3.14. The molecule has 0 N–H and O–H groups in total. The average molecular weight is 373 g/mol. The van der Waals surface area contributed by atoms with Crippen molar-refractivity contribution in [1.82, 2.24) is 0 Å². The van der Waals surface area contributed by atoms with Crippen LogP contribution in [-0.4, -0.2) is 61.1 Å². The number of ether oxygens (including phenoxy) is 5. The first-order valence-electron chi connectivity index (χ1n) is 7.50. The molecule has 12 nitrogen and oxygen atoms in total. The summed E-state index contributed by atoms with van der Waals surface area (Å²) in [7, 11) is 0. The number of rotatable bonds is 6. The Balaban J connectivity index is 3.28. The van der Waals surface area contributed by atoms with Gasteiger partial charge in [0.15, 0.2) is 12.2 Å². The van der Waals surface area contributed by atoms with Crippen LogP contribution in [-0.2, 0) is 42.9 Å². The van der Waals surface area contributed by atoms with Gasteiger partial charge in [-0.1, -0.05) is 5.11 Å². The Labute approximate surface area is 148 Å². The summed E-state index contributed by atoms with van der Waals surface area (Å²) in [6.07, 6.45) is -5.18. The monoisotopic (exact) mass is 373 g/mol. The van der Waals surface area contributed by atoms with E-state index in [1.54, 1.807) is 0 Å². The lowest BCUT2D eigenvalue weighted by atomic mass is 9.97. The molecule has 1 fully saturated rings. The first kappa shape index (κ1) is 21.2. The van der Waals surface area contributed by atoms with Crippen LogP contribution in [0.2, 0.25) is 0 Å². The largest absolute Gasteiger partial charge is 0.463 e. The number of nitrogens with zero attached hydrogens (tertiary/aromatic N) is 3. The van der Waals surface area contributed by atoms with Crippen molar-refractivity contribution in [2.45, 2.75) is 58.3 Å². The topological polar surface area (TPSA) is 163 Å². The SMILES string of the molecule is CC(=O)OC[C@H]1O[C@H](OC(C)=O)[C@H](N=[N+]=[N-])C(OC(C)=O)C1OC(C)=O.